The van der Waals surface area contributed by atoms with Crippen molar-refractivity contribution in [3.63, 3.8) is 0 Å². The summed E-state index contributed by atoms with van der Waals surface area (Å²) in [6.45, 7) is 2.70. The molecule has 1 aromatic heterocycles. The number of amides is 1. The van der Waals surface area contributed by atoms with Crippen LogP contribution in [0, 0.1) is 12.8 Å². The van der Waals surface area contributed by atoms with Gasteiger partial charge in [-0.15, -0.1) is 0 Å². The molecule has 7 heteroatoms. The lowest BCUT2D eigenvalue weighted by Crippen LogP contribution is -2.41. The van der Waals surface area contributed by atoms with Gasteiger partial charge >= 0.3 is 0 Å². The van der Waals surface area contributed by atoms with Crippen molar-refractivity contribution in [1.82, 2.24) is 9.29 Å². The molecule has 6 nitrogen and oxygen atoms in total. The van der Waals surface area contributed by atoms with Crippen LogP contribution in [0.4, 0.5) is 5.69 Å². The molecule has 0 bridgehead atoms. The Labute approximate surface area is 195 Å². The van der Waals surface area contributed by atoms with E-state index < -0.39 is 10.0 Å². The predicted molar refractivity (Wildman–Crippen MR) is 130 cm³/mol. The maximum Gasteiger partial charge on any atom is 0.227 e. The third-order valence-corrected chi connectivity index (χ3v) is 7.88. The molecule has 0 unspecified atom stereocenters. The molecule has 0 radical (unpaired) electrons. The Morgan fingerprint density at radius 3 is 2.30 bits per heavy atom. The van der Waals surface area contributed by atoms with Gasteiger partial charge in [0.15, 0.2) is 0 Å². The Bertz CT molecular complexity index is 1190. The Hall–Kier alpha value is -3.03. The molecule has 0 saturated carbocycles. The summed E-state index contributed by atoms with van der Waals surface area (Å²) in [5.74, 6) is -0.239. The van der Waals surface area contributed by atoms with Crippen molar-refractivity contribution >= 4 is 21.6 Å². The number of sulfonamides is 1. The molecule has 1 fully saturated rings. The smallest absolute Gasteiger partial charge is 0.227 e. The van der Waals surface area contributed by atoms with Gasteiger partial charge in [-0.3, -0.25) is 9.78 Å². The first-order chi connectivity index (χ1) is 15.9. The summed E-state index contributed by atoms with van der Waals surface area (Å²) in [6, 6.07) is 19.4. The van der Waals surface area contributed by atoms with E-state index in [-0.39, 0.29) is 17.6 Å². The standard InChI is InChI=1S/C26H29N3O3S/c1-20-3-2-4-23(17-20)19-33(31,32)29-15-11-24(12-16-29)26(30)28-25-7-5-21(6-8-25)18-22-9-13-27-14-10-22/h2-10,13-14,17,24H,11-12,15-16,18-19H2,1H3,(H,28,30). The first kappa shape index (κ1) is 23.1. The van der Waals surface area contributed by atoms with Crippen molar-refractivity contribution in [1.29, 1.82) is 0 Å². The molecular formula is C26H29N3O3S. The van der Waals surface area contributed by atoms with Gasteiger partial charge < -0.3 is 5.32 Å². The molecule has 0 atom stereocenters. The molecule has 33 heavy (non-hydrogen) atoms. The summed E-state index contributed by atoms with van der Waals surface area (Å²) in [5.41, 5.74) is 4.94. The molecule has 0 aliphatic carbocycles. The maximum atomic E-state index is 12.8. The zero-order valence-electron chi connectivity index (χ0n) is 18.8. The Morgan fingerprint density at radius 2 is 1.64 bits per heavy atom. The van der Waals surface area contributed by atoms with Crippen LogP contribution in [0.1, 0.15) is 35.1 Å². The van der Waals surface area contributed by atoms with Gasteiger partial charge in [0.25, 0.3) is 0 Å². The number of anilines is 1. The van der Waals surface area contributed by atoms with E-state index in [1.807, 2.05) is 67.6 Å². The minimum absolute atomic E-state index is 0.00259. The normalized spacial score (nSPS) is 15.3. The third kappa shape index (κ3) is 6.27. The average molecular weight is 464 g/mol. The van der Waals surface area contributed by atoms with Gasteiger partial charge in [-0.2, -0.15) is 0 Å². The van der Waals surface area contributed by atoms with Gasteiger partial charge in [0.05, 0.1) is 5.75 Å². The van der Waals surface area contributed by atoms with E-state index >= 15 is 0 Å². The van der Waals surface area contributed by atoms with E-state index in [1.54, 1.807) is 12.4 Å². The summed E-state index contributed by atoms with van der Waals surface area (Å²) in [6.07, 6.45) is 5.43. The molecule has 2 aromatic carbocycles. The van der Waals surface area contributed by atoms with Crippen molar-refractivity contribution in [2.45, 2.75) is 31.9 Å². The minimum atomic E-state index is -3.39. The number of nitrogens with zero attached hydrogens (tertiary/aromatic N) is 2. The average Bonchev–Trinajstić information content (AvgIpc) is 2.81. The van der Waals surface area contributed by atoms with Crippen LogP contribution in [0.25, 0.3) is 0 Å². The summed E-state index contributed by atoms with van der Waals surface area (Å²) in [5, 5.41) is 2.99. The molecule has 1 aliphatic rings. The number of nitrogens with one attached hydrogen (secondary N) is 1. The van der Waals surface area contributed by atoms with Crippen molar-refractivity contribution in [3.05, 3.63) is 95.3 Å². The van der Waals surface area contributed by atoms with Gasteiger partial charge in [0.2, 0.25) is 15.9 Å². The van der Waals surface area contributed by atoms with Gasteiger partial charge in [0.1, 0.15) is 0 Å². The van der Waals surface area contributed by atoms with Crippen molar-refractivity contribution in [3.8, 4) is 0 Å². The Kier molecular flexibility index (Phi) is 7.20. The first-order valence-electron chi connectivity index (χ1n) is 11.2. The number of rotatable bonds is 7. The van der Waals surface area contributed by atoms with Crippen LogP contribution in [0.2, 0.25) is 0 Å². The lowest BCUT2D eigenvalue weighted by atomic mass is 9.97. The SMILES string of the molecule is Cc1cccc(CS(=O)(=O)N2CCC(C(=O)Nc3ccc(Cc4ccncc4)cc3)CC2)c1. The number of hydrogen-bond acceptors (Lipinski definition) is 4. The van der Waals surface area contributed by atoms with Crippen LogP contribution < -0.4 is 5.32 Å². The van der Waals surface area contributed by atoms with Crippen LogP contribution in [0.3, 0.4) is 0 Å². The van der Waals surface area contributed by atoms with Crippen molar-refractivity contribution in [2.24, 2.45) is 5.92 Å². The molecule has 2 heterocycles. The monoisotopic (exact) mass is 463 g/mol. The van der Waals surface area contributed by atoms with Gasteiger partial charge in [-0.1, -0.05) is 42.0 Å². The predicted octanol–water partition coefficient (Wildman–Crippen LogP) is 4.16. The van der Waals surface area contributed by atoms with E-state index in [0.29, 0.717) is 25.9 Å². The molecule has 1 saturated heterocycles. The molecule has 1 amide bonds. The van der Waals surface area contributed by atoms with E-state index in [2.05, 4.69) is 10.3 Å². The molecule has 0 spiro atoms. The van der Waals surface area contributed by atoms with Gasteiger partial charge in [-0.25, -0.2) is 12.7 Å². The number of hydrogen-bond donors (Lipinski definition) is 1. The number of aromatic nitrogens is 1. The minimum Gasteiger partial charge on any atom is -0.326 e. The van der Waals surface area contributed by atoms with Crippen LogP contribution >= 0.6 is 0 Å². The van der Waals surface area contributed by atoms with Gasteiger partial charge in [0, 0.05) is 37.1 Å². The van der Waals surface area contributed by atoms with Crippen molar-refractivity contribution < 1.29 is 13.2 Å². The summed E-state index contributed by atoms with van der Waals surface area (Å²) >= 11 is 0. The highest BCUT2D eigenvalue weighted by Crippen LogP contribution is 2.24. The zero-order chi connectivity index (χ0) is 23.3. The van der Waals surface area contributed by atoms with Crippen molar-refractivity contribution in [2.75, 3.05) is 18.4 Å². The Balaban J connectivity index is 1.28. The van der Waals surface area contributed by atoms with Crippen LogP contribution in [0.5, 0.6) is 0 Å². The highest BCUT2D eigenvalue weighted by atomic mass is 32.2. The van der Waals surface area contributed by atoms with E-state index in [9.17, 15) is 13.2 Å². The van der Waals surface area contributed by atoms with E-state index in [4.69, 9.17) is 0 Å². The second-order valence-corrected chi connectivity index (χ2v) is 10.6. The lowest BCUT2D eigenvalue weighted by Gasteiger charge is -2.30. The molecule has 3 aromatic rings. The zero-order valence-corrected chi connectivity index (χ0v) is 19.6. The fourth-order valence-corrected chi connectivity index (χ4v) is 5.74. The highest BCUT2D eigenvalue weighted by Gasteiger charge is 2.31. The summed E-state index contributed by atoms with van der Waals surface area (Å²) in [4.78, 5) is 16.8. The van der Waals surface area contributed by atoms with Crippen LogP contribution in [0.15, 0.2) is 73.1 Å². The third-order valence-electron chi connectivity index (χ3n) is 6.03. The summed E-state index contributed by atoms with van der Waals surface area (Å²) in [7, 11) is -3.39. The van der Waals surface area contributed by atoms with Crippen LogP contribution in [-0.2, 0) is 27.0 Å². The first-order valence-corrected chi connectivity index (χ1v) is 12.8. The molecule has 1 aliphatic heterocycles. The van der Waals surface area contributed by atoms with E-state index in [0.717, 1.165) is 28.8 Å². The second-order valence-electron chi connectivity index (χ2n) is 8.64. The molecule has 4 rings (SSSR count). The summed E-state index contributed by atoms with van der Waals surface area (Å²) < 4.78 is 27.2. The fraction of sp³-hybridized carbons (Fsp3) is 0.308. The topological polar surface area (TPSA) is 79.4 Å². The molecule has 172 valence electrons. The quantitative estimate of drug-likeness (QED) is 0.571. The Morgan fingerprint density at radius 1 is 0.970 bits per heavy atom. The number of piperidine rings is 1. The number of carbonyl (C=O) groups is 1. The fourth-order valence-electron chi connectivity index (χ4n) is 4.19. The lowest BCUT2D eigenvalue weighted by molar-refractivity contribution is -0.120. The number of aryl methyl sites for hydroxylation is 1. The van der Waals surface area contributed by atoms with Gasteiger partial charge in [-0.05, 0) is 67.1 Å². The molecular weight excluding hydrogens is 434 g/mol. The maximum absolute atomic E-state index is 12.8. The number of pyridine rings is 1. The second kappa shape index (κ2) is 10.3. The number of carbonyl (C=O) groups excluding carboxylic acids is 1. The molecule has 1 N–H and O–H groups in total. The highest BCUT2D eigenvalue weighted by molar-refractivity contribution is 7.88. The van der Waals surface area contributed by atoms with Crippen LogP contribution in [-0.4, -0.2) is 36.7 Å². The largest absolute Gasteiger partial charge is 0.326 e. The van der Waals surface area contributed by atoms with E-state index in [1.165, 1.54) is 9.87 Å². The number of benzene rings is 2.